The van der Waals surface area contributed by atoms with Crippen LogP contribution in [-0.4, -0.2) is 22.3 Å². The van der Waals surface area contributed by atoms with Crippen molar-refractivity contribution in [1.82, 2.24) is 9.78 Å². The molecule has 0 amide bonds. The largest absolute Gasteiger partial charge is 0.483 e. The average Bonchev–Trinajstić information content (AvgIpc) is 2.83. The lowest BCUT2D eigenvalue weighted by Crippen LogP contribution is -2.20. The molecule has 1 heterocycles. The molecule has 0 spiro atoms. The number of carbonyl (C=O) groups excluding carboxylic acids is 1. The minimum Gasteiger partial charge on any atom is -0.483 e. The Morgan fingerprint density at radius 3 is 2.70 bits per heavy atom. The quantitative estimate of drug-likeness (QED) is 0.852. The van der Waals surface area contributed by atoms with E-state index in [9.17, 15) is 4.79 Å². The average molecular weight is 337 g/mol. The van der Waals surface area contributed by atoms with Crippen molar-refractivity contribution in [3.8, 4) is 5.75 Å². The van der Waals surface area contributed by atoms with Crippen molar-refractivity contribution >= 4 is 21.8 Å². The molecule has 0 atom stereocenters. The van der Waals surface area contributed by atoms with Gasteiger partial charge in [0.15, 0.2) is 6.61 Å². The molecule has 0 radical (unpaired) electrons. The van der Waals surface area contributed by atoms with Gasteiger partial charge in [0.1, 0.15) is 5.75 Å². The monoisotopic (exact) mass is 336 g/mol. The van der Waals surface area contributed by atoms with Gasteiger partial charge in [0, 0.05) is 6.20 Å². The van der Waals surface area contributed by atoms with Crippen molar-refractivity contribution in [2.24, 2.45) is 0 Å². The minimum absolute atomic E-state index is 0.0409. The molecule has 1 aromatic carbocycles. The zero-order valence-corrected chi connectivity index (χ0v) is 13.3. The first-order valence-electron chi connectivity index (χ1n) is 6.45. The van der Waals surface area contributed by atoms with Crippen LogP contribution in [0.2, 0.25) is 0 Å². The molecular weight excluding hydrogens is 320 g/mol. The summed E-state index contributed by atoms with van der Waals surface area (Å²) in [6.07, 6.45) is 1.64. The summed E-state index contributed by atoms with van der Waals surface area (Å²) in [6, 6.07) is 7.68. The van der Waals surface area contributed by atoms with Gasteiger partial charge in [-0.25, -0.2) is 4.68 Å². The van der Waals surface area contributed by atoms with Crippen molar-refractivity contribution < 1.29 is 9.53 Å². The molecular formula is C15H17BrN2O2. The highest BCUT2D eigenvalue weighted by Gasteiger charge is 2.10. The summed E-state index contributed by atoms with van der Waals surface area (Å²) in [4.78, 5) is 11.9. The van der Waals surface area contributed by atoms with Crippen molar-refractivity contribution in [3.05, 3.63) is 46.2 Å². The summed E-state index contributed by atoms with van der Waals surface area (Å²) in [5.74, 6) is 0.915. The summed E-state index contributed by atoms with van der Waals surface area (Å²) in [5, 5.41) is 4.06. The van der Waals surface area contributed by atoms with Gasteiger partial charge in [-0.05, 0) is 52.5 Å². The Bertz CT molecular complexity index is 620. The normalized spacial score (nSPS) is 10.8. The van der Waals surface area contributed by atoms with Gasteiger partial charge in [-0.15, -0.1) is 0 Å². The number of rotatable bonds is 4. The molecule has 2 rings (SSSR count). The molecule has 0 fully saturated rings. The third-order valence-electron chi connectivity index (χ3n) is 2.95. The second-order valence-electron chi connectivity index (χ2n) is 4.93. The van der Waals surface area contributed by atoms with Crippen molar-refractivity contribution in [2.45, 2.75) is 26.7 Å². The summed E-state index contributed by atoms with van der Waals surface area (Å²) >= 11 is 3.47. The molecule has 2 aromatic rings. The third kappa shape index (κ3) is 3.48. The molecule has 1 aromatic heterocycles. The van der Waals surface area contributed by atoms with E-state index in [1.807, 2.05) is 25.1 Å². The predicted octanol–water partition coefficient (Wildman–Crippen LogP) is 3.80. The maximum Gasteiger partial charge on any atom is 0.284 e. The van der Waals surface area contributed by atoms with Crippen molar-refractivity contribution in [2.75, 3.05) is 6.61 Å². The third-order valence-corrected chi connectivity index (χ3v) is 3.57. The van der Waals surface area contributed by atoms with Crippen LogP contribution in [0.1, 0.15) is 35.8 Å². The number of halogens is 1. The van der Waals surface area contributed by atoms with Gasteiger partial charge in [0.25, 0.3) is 5.91 Å². The van der Waals surface area contributed by atoms with E-state index >= 15 is 0 Å². The van der Waals surface area contributed by atoms with E-state index in [1.54, 1.807) is 12.3 Å². The number of hydrogen-bond acceptors (Lipinski definition) is 3. The van der Waals surface area contributed by atoms with Gasteiger partial charge in [0.2, 0.25) is 0 Å². The first-order valence-corrected chi connectivity index (χ1v) is 7.24. The van der Waals surface area contributed by atoms with Gasteiger partial charge < -0.3 is 4.74 Å². The maximum absolute atomic E-state index is 11.9. The number of aryl methyl sites for hydroxylation is 1. The molecule has 0 saturated heterocycles. The van der Waals surface area contributed by atoms with E-state index in [2.05, 4.69) is 34.9 Å². The van der Waals surface area contributed by atoms with E-state index in [-0.39, 0.29) is 12.5 Å². The fourth-order valence-electron chi connectivity index (χ4n) is 1.75. The maximum atomic E-state index is 11.9. The highest BCUT2D eigenvalue weighted by atomic mass is 79.9. The van der Waals surface area contributed by atoms with Crippen LogP contribution in [0.15, 0.2) is 34.9 Å². The second-order valence-corrected chi connectivity index (χ2v) is 5.78. The Labute approximate surface area is 126 Å². The number of nitrogens with zero attached hydrogens (tertiary/aromatic N) is 2. The number of hydrogen-bond donors (Lipinski definition) is 0. The Balaban J connectivity index is 2.02. The van der Waals surface area contributed by atoms with Crippen LogP contribution in [0.4, 0.5) is 0 Å². The molecule has 0 aliphatic rings. The number of aromatic nitrogens is 2. The second kappa shape index (κ2) is 6.22. The lowest BCUT2D eigenvalue weighted by Gasteiger charge is -2.11. The highest BCUT2D eigenvalue weighted by molar-refractivity contribution is 9.10. The first kappa shape index (κ1) is 14.8. The minimum atomic E-state index is -0.196. The van der Waals surface area contributed by atoms with Gasteiger partial charge in [-0.3, -0.25) is 4.79 Å². The zero-order chi connectivity index (χ0) is 14.7. The van der Waals surface area contributed by atoms with Crippen LogP contribution in [-0.2, 0) is 0 Å². The molecule has 20 heavy (non-hydrogen) atoms. The fraction of sp³-hybridized carbons (Fsp3) is 0.333. The highest BCUT2D eigenvalue weighted by Crippen LogP contribution is 2.28. The van der Waals surface area contributed by atoms with Crippen molar-refractivity contribution in [3.63, 3.8) is 0 Å². The Morgan fingerprint density at radius 1 is 1.40 bits per heavy atom. The van der Waals surface area contributed by atoms with Crippen LogP contribution in [0.3, 0.4) is 0 Å². The molecule has 106 valence electrons. The lowest BCUT2D eigenvalue weighted by molar-refractivity contribution is 0.0820. The number of carbonyl (C=O) groups is 1. The van der Waals surface area contributed by atoms with Crippen LogP contribution >= 0.6 is 15.9 Å². The number of ether oxygens (including phenoxy) is 1. The molecule has 4 nitrogen and oxygen atoms in total. The summed E-state index contributed by atoms with van der Waals surface area (Å²) in [5.41, 5.74) is 2.03. The first-order chi connectivity index (χ1) is 9.47. The molecule has 0 bridgehead atoms. The van der Waals surface area contributed by atoms with E-state index < -0.39 is 0 Å². The van der Waals surface area contributed by atoms with E-state index in [0.717, 1.165) is 10.2 Å². The van der Waals surface area contributed by atoms with E-state index in [4.69, 9.17) is 4.74 Å². The topological polar surface area (TPSA) is 44.1 Å². The molecule has 0 aliphatic heterocycles. The molecule has 5 heteroatoms. The number of benzene rings is 1. The summed E-state index contributed by atoms with van der Waals surface area (Å²) in [6.45, 7) is 6.06. The van der Waals surface area contributed by atoms with Gasteiger partial charge in [-0.1, -0.05) is 19.9 Å². The summed E-state index contributed by atoms with van der Waals surface area (Å²) in [7, 11) is 0. The molecule has 0 N–H and O–H groups in total. The SMILES string of the molecule is Cc1ccn(C(=O)COc2ccc(C(C)C)cc2Br)n1. The fourth-order valence-corrected chi connectivity index (χ4v) is 2.26. The molecule has 0 aliphatic carbocycles. The van der Waals surface area contributed by atoms with E-state index in [0.29, 0.717) is 11.7 Å². The van der Waals surface area contributed by atoms with Gasteiger partial charge in [0.05, 0.1) is 10.2 Å². The lowest BCUT2D eigenvalue weighted by atomic mass is 10.0. The smallest absolute Gasteiger partial charge is 0.284 e. The van der Waals surface area contributed by atoms with Crippen LogP contribution in [0, 0.1) is 6.92 Å². The Kier molecular flexibility index (Phi) is 4.60. The van der Waals surface area contributed by atoms with E-state index in [1.165, 1.54) is 10.2 Å². The standard InChI is InChI=1S/C15H17BrN2O2/c1-10(2)12-4-5-14(13(16)8-12)20-9-15(19)18-7-6-11(3)17-18/h4-8,10H,9H2,1-3H3. The summed E-state index contributed by atoms with van der Waals surface area (Å²) < 4.78 is 7.69. The Hall–Kier alpha value is -1.62. The molecule has 0 unspecified atom stereocenters. The predicted molar refractivity (Wildman–Crippen MR) is 81.3 cm³/mol. The van der Waals surface area contributed by atoms with Gasteiger partial charge >= 0.3 is 0 Å². The van der Waals surface area contributed by atoms with Crippen LogP contribution in [0.5, 0.6) is 5.75 Å². The van der Waals surface area contributed by atoms with Crippen molar-refractivity contribution in [1.29, 1.82) is 0 Å². The molecule has 0 saturated carbocycles. The van der Waals surface area contributed by atoms with Crippen LogP contribution < -0.4 is 4.74 Å². The Morgan fingerprint density at radius 2 is 2.15 bits per heavy atom. The van der Waals surface area contributed by atoms with Gasteiger partial charge in [-0.2, -0.15) is 5.10 Å². The zero-order valence-electron chi connectivity index (χ0n) is 11.8. The van der Waals surface area contributed by atoms with Crippen LogP contribution in [0.25, 0.3) is 0 Å².